The van der Waals surface area contributed by atoms with Crippen molar-refractivity contribution in [2.45, 2.75) is 45.6 Å². The van der Waals surface area contributed by atoms with Crippen LogP contribution in [0.1, 0.15) is 55.7 Å². The molecular weight excluding hydrogens is 330 g/mol. The Balaban J connectivity index is 2.06. The quantitative estimate of drug-likeness (QED) is 0.599. The maximum absolute atomic E-state index is 11.0. The Morgan fingerprint density at radius 2 is 1.81 bits per heavy atom. The van der Waals surface area contributed by atoms with Crippen LogP contribution in [0.15, 0.2) is 42.5 Å². The molecule has 138 valence electrons. The van der Waals surface area contributed by atoms with E-state index >= 15 is 0 Å². The normalized spacial score (nSPS) is 12.0. The second-order valence-electron chi connectivity index (χ2n) is 6.74. The van der Waals surface area contributed by atoms with Gasteiger partial charge in [-0.25, -0.2) is 0 Å². The first-order valence-corrected chi connectivity index (χ1v) is 8.59. The van der Waals surface area contributed by atoms with Gasteiger partial charge < -0.3 is 20.4 Å². The zero-order chi connectivity index (χ0) is 19.3. The molecule has 0 spiro atoms. The maximum atomic E-state index is 11.0. The van der Waals surface area contributed by atoms with Crippen LogP contribution in [0.25, 0.3) is 0 Å². The molecule has 0 amide bonds. The number of aliphatic carboxylic acids is 1. The lowest BCUT2D eigenvalue weighted by Crippen LogP contribution is -2.13. The van der Waals surface area contributed by atoms with Crippen LogP contribution in [-0.4, -0.2) is 21.9 Å². The van der Waals surface area contributed by atoms with Gasteiger partial charge in [0.05, 0.1) is 6.42 Å². The first-order chi connectivity index (χ1) is 12.3. The Labute approximate surface area is 153 Å². The molecule has 0 bridgehead atoms. The third-order valence-corrected chi connectivity index (χ3v) is 4.30. The number of hydrogen-bond acceptors (Lipinski definition) is 4. The number of carboxylic acids is 1. The summed E-state index contributed by atoms with van der Waals surface area (Å²) in [4.78, 5) is 11.0. The standard InChI is InChI=1S/C21H25NO4/c1-13(2)18-10-15(4-9-20(18)23)12-26-17-7-5-16(6-8-17)19(14(3)22)11-21(24)25/h4-10,13,19,22-23H,11-12H2,1-3H3,(H,24,25). The maximum Gasteiger partial charge on any atom is 0.304 e. The van der Waals surface area contributed by atoms with Gasteiger partial charge in [0, 0.05) is 11.6 Å². The molecule has 0 saturated heterocycles. The van der Waals surface area contributed by atoms with E-state index in [9.17, 15) is 9.90 Å². The molecule has 2 aromatic carbocycles. The van der Waals surface area contributed by atoms with E-state index in [1.54, 1.807) is 37.3 Å². The van der Waals surface area contributed by atoms with Crippen molar-refractivity contribution in [1.29, 1.82) is 5.41 Å². The van der Waals surface area contributed by atoms with E-state index in [-0.39, 0.29) is 12.3 Å². The van der Waals surface area contributed by atoms with Crippen molar-refractivity contribution in [1.82, 2.24) is 0 Å². The Kier molecular flexibility index (Phi) is 6.39. The van der Waals surface area contributed by atoms with Crippen molar-refractivity contribution in [3.8, 4) is 11.5 Å². The number of ether oxygens (including phenoxy) is 1. The van der Waals surface area contributed by atoms with Gasteiger partial charge in [-0.2, -0.15) is 0 Å². The molecule has 3 N–H and O–H groups in total. The van der Waals surface area contributed by atoms with Crippen LogP contribution in [0.4, 0.5) is 0 Å². The van der Waals surface area contributed by atoms with Crippen molar-refractivity contribution in [2.75, 3.05) is 0 Å². The molecule has 5 nitrogen and oxygen atoms in total. The van der Waals surface area contributed by atoms with Gasteiger partial charge in [-0.05, 0) is 53.8 Å². The molecule has 0 aliphatic carbocycles. The minimum absolute atomic E-state index is 0.0962. The number of hydrogen-bond donors (Lipinski definition) is 3. The second-order valence-corrected chi connectivity index (χ2v) is 6.74. The van der Waals surface area contributed by atoms with Crippen molar-refractivity contribution < 1.29 is 19.7 Å². The number of carbonyl (C=O) groups is 1. The lowest BCUT2D eigenvalue weighted by atomic mass is 9.92. The minimum Gasteiger partial charge on any atom is -0.508 e. The molecule has 0 aliphatic heterocycles. The van der Waals surface area contributed by atoms with Gasteiger partial charge in [0.1, 0.15) is 18.1 Å². The first-order valence-electron chi connectivity index (χ1n) is 8.59. The molecule has 0 radical (unpaired) electrons. The Morgan fingerprint density at radius 3 is 2.35 bits per heavy atom. The minimum atomic E-state index is -0.921. The fraction of sp³-hybridized carbons (Fsp3) is 0.333. The highest BCUT2D eigenvalue weighted by Gasteiger charge is 2.17. The summed E-state index contributed by atoms with van der Waals surface area (Å²) >= 11 is 0. The number of phenolic OH excluding ortho intramolecular Hbond substituents is 1. The highest BCUT2D eigenvalue weighted by atomic mass is 16.5. The van der Waals surface area contributed by atoms with Crippen LogP contribution in [0.2, 0.25) is 0 Å². The fourth-order valence-electron chi connectivity index (χ4n) is 2.81. The molecule has 2 rings (SSSR count). The average Bonchev–Trinajstić information content (AvgIpc) is 2.59. The molecule has 1 unspecified atom stereocenters. The zero-order valence-corrected chi connectivity index (χ0v) is 15.3. The van der Waals surface area contributed by atoms with Gasteiger partial charge in [-0.1, -0.05) is 32.0 Å². The third-order valence-electron chi connectivity index (χ3n) is 4.30. The molecule has 0 fully saturated rings. The Bertz CT molecular complexity index is 781. The van der Waals surface area contributed by atoms with Gasteiger partial charge in [0.2, 0.25) is 0 Å². The van der Waals surface area contributed by atoms with Crippen LogP contribution in [0.5, 0.6) is 11.5 Å². The SMILES string of the molecule is CC(=N)C(CC(=O)O)c1ccc(OCc2ccc(O)c(C(C)C)c2)cc1. The lowest BCUT2D eigenvalue weighted by molar-refractivity contribution is -0.137. The highest BCUT2D eigenvalue weighted by molar-refractivity contribution is 5.89. The van der Waals surface area contributed by atoms with Crippen LogP contribution >= 0.6 is 0 Å². The van der Waals surface area contributed by atoms with Crippen LogP contribution in [-0.2, 0) is 11.4 Å². The molecule has 1 atom stereocenters. The van der Waals surface area contributed by atoms with E-state index in [4.69, 9.17) is 15.3 Å². The summed E-state index contributed by atoms with van der Waals surface area (Å²) in [6.07, 6.45) is -0.0962. The Morgan fingerprint density at radius 1 is 1.15 bits per heavy atom. The monoisotopic (exact) mass is 355 g/mol. The van der Waals surface area contributed by atoms with Crippen LogP contribution in [0.3, 0.4) is 0 Å². The average molecular weight is 355 g/mol. The van der Waals surface area contributed by atoms with E-state index in [1.807, 2.05) is 26.0 Å². The van der Waals surface area contributed by atoms with Crippen molar-refractivity contribution >= 4 is 11.7 Å². The van der Waals surface area contributed by atoms with Gasteiger partial charge in [0.25, 0.3) is 0 Å². The highest BCUT2D eigenvalue weighted by Crippen LogP contribution is 2.27. The van der Waals surface area contributed by atoms with E-state index < -0.39 is 11.9 Å². The molecule has 2 aromatic rings. The van der Waals surface area contributed by atoms with Crippen LogP contribution in [0, 0.1) is 5.41 Å². The summed E-state index contributed by atoms with van der Waals surface area (Å²) < 4.78 is 5.79. The van der Waals surface area contributed by atoms with E-state index in [1.165, 1.54) is 0 Å². The predicted molar refractivity (Wildman–Crippen MR) is 101 cm³/mol. The van der Waals surface area contributed by atoms with Crippen molar-refractivity contribution in [3.05, 3.63) is 59.2 Å². The van der Waals surface area contributed by atoms with E-state index in [0.717, 1.165) is 16.7 Å². The predicted octanol–water partition coefficient (Wildman–Crippen LogP) is 4.69. The molecule has 0 heterocycles. The van der Waals surface area contributed by atoms with Crippen molar-refractivity contribution in [3.63, 3.8) is 0 Å². The molecule has 0 aliphatic rings. The molecule has 0 saturated carbocycles. The van der Waals surface area contributed by atoms with Crippen LogP contribution < -0.4 is 4.74 Å². The lowest BCUT2D eigenvalue weighted by Gasteiger charge is -2.15. The number of rotatable bonds is 8. The molecule has 26 heavy (non-hydrogen) atoms. The number of phenols is 1. The third kappa shape index (κ3) is 5.09. The topological polar surface area (TPSA) is 90.6 Å². The summed E-state index contributed by atoms with van der Waals surface area (Å²) in [5.74, 6) is -0.156. The number of benzene rings is 2. The van der Waals surface area contributed by atoms with E-state index in [0.29, 0.717) is 23.8 Å². The summed E-state index contributed by atoms with van der Waals surface area (Å²) in [7, 11) is 0. The zero-order valence-electron chi connectivity index (χ0n) is 15.3. The second kappa shape index (κ2) is 8.52. The van der Waals surface area contributed by atoms with Crippen molar-refractivity contribution in [2.24, 2.45) is 0 Å². The number of carboxylic acid groups (broad SMARTS) is 1. The molecule has 0 aromatic heterocycles. The number of nitrogens with one attached hydrogen (secondary N) is 1. The summed E-state index contributed by atoms with van der Waals surface area (Å²) in [5, 5.41) is 26.7. The largest absolute Gasteiger partial charge is 0.508 e. The van der Waals surface area contributed by atoms with Gasteiger partial charge in [-0.15, -0.1) is 0 Å². The summed E-state index contributed by atoms with van der Waals surface area (Å²) in [5.41, 5.74) is 2.97. The summed E-state index contributed by atoms with van der Waals surface area (Å²) in [6, 6.07) is 12.6. The number of aromatic hydroxyl groups is 1. The summed E-state index contributed by atoms with van der Waals surface area (Å²) in [6.45, 7) is 6.05. The van der Waals surface area contributed by atoms with E-state index in [2.05, 4.69) is 0 Å². The van der Waals surface area contributed by atoms with Gasteiger partial charge in [0.15, 0.2) is 0 Å². The van der Waals surface area contributed by atoms with Gasteiger partial charge in [-0.3, -0.25) is 4.79 Å². The smallest absolute Gasteiger partial charge is 0.304 e. The molecular formula is C21H25NO4. The molecule has 5 heteroatoms. The first kappa shape index (κ1) is 19.5. The Hall–Kier alpha value is -2.82. The van der Waals surface area contributed by atoms with Gasteiger partial charge >= 0.3 is 5.97 Å². The fourth-order valence-corrected chi connectivity index (χ4v) is 2.81.